The number of benzene rings is 1. The molecule has 0 spiro atoms. The summed E-state index contributed by atoms with van der Waals surface area (Å²) in [5.41, 5.74) is 0.801. The van der Waals surface area contributed by atoms with Gasteiger partial charge in [0.2, 0.25) is 10.0 Å². The van der Waals surface area contributed by atoms with Crippen LogP contribution in [-0.2, 0) is 21.2 Å². The van der Waals surface area contributed by atoms with Gasteiger partial charge in [-0.1, -0.05) is 12.1 Å². The molecule has 0 amide bonds. The lowest BCUT2D eigenvalue weighted by molar-refractivity contribution is 0.0569. The highest BCUT2D eigenvalue weighted by molar-refractivity contribution is 7.90. The van der Waals surface area contributed by atoms with Crippen LogP contribution in [0.15, 0.2) is 24.3 Å². The van der Waals surface area contributed by atoms with Gasteiger partial charge >= 0.3 is 0 Å². The highest BCUT2D eigenvalue weighted by Crippen LogP contribution is 2.25. The lowest BCUT2D eigenvalue weighted by Gasteiger charge is -2.32. The first-order valence-corrected chi connectivity index (χ1v) is 8.76. The second-order valence-corrected chi connectivity index (χ2v) is 7.74. The van der Waals surface area contributed by atoms with E-state index >= 15 is 0 Å². The smallest absolute Gasteiger partial charge is 0.215 e. The van der Waals surface area contributed by atoms with Crippen molar-refractivity contribution >= 4 is 10.0 Å². The van der Waals surface area contributed by atoms with Gasteiger partial charge in [-0.05, 0) is 44.4 Å². The minimum absolute atomic E-state index is 0.132. The largest absolute Gasteiger partial charge is 0.381 e. The molecule has 6 heteroatoms. The molecule has 2 rings (SSSR count). The molecule has 0 saturated carbocycles. The van der Waals surface area contributed by atoms with Crippen molar-refractivity contribution in [2.24, 2.45) is 5.92 Å². The highest BCUT2D eigenvalue weighted by Gasteiger charge is 2.36. The summed E-state index contributed by atoms with van der Waals surface area (Å²) in [6.45, 7) is 4.44. The number of ether oxygens (including phenoxy) is 1. The molecule has 1 aliphatic heterocycles. The van der Waals surface area contributed by atoms with Crippen molar-refractivity contribution in [2.45, 2.75) is 38.0 Å². The molecule has 2 atom stereocenters. The average molecular weight is 315 g/mol. The molecule has 1 aromatic rings. The highest BCUT2D eigenvalue weighted by atomic mass is 32.2. The van der Waals surface area contributed by atoms with Crippen LogP contribution in [0.25, 0.3) is 0 Å². The van der Waals surface area contributed by atoms with Crippen molar-refractivity contribution < 1.29 is 17.5 Å². The molecule has 0 unspecified atom stereocenters. The predicted molar refractivity (Wildman–Crippen MR) is 80.0 cm³/mol. The molecule has 1 N–H and O–H groups in total. The van der Waals surface area contributed by atoms with Crippen LogP contribution in [0.4, 0.5) is 4.39 Å². The van der Waals surface area contributed by atoms with Gasteiger partial charge in [-0.3, -0.25) is 0 Å². The van der Waals surface area contributed by atoms with Gasteiger partial charge in [0.25, 0.3) is 0 Å². The molecule has 0 aromatic heterocycles. The van der Waals surface area contributed by atoms with Crippen LogP contribution >= 0.6 is 0 Å². The molecule has 1 aromatic carbocycles. The lowest BCUT2D eigenvalue weighted by Crippen LogP contribution is -2.46. The molecular weight excluding hydrogens is 293 g/mol. The third-order valence-electron chi connectivity index (χ3n) is 3.59. The zero-order valence-corrected chi connectivity index (χ0v) is 13.2. The van der Waals surface area contributed by atoms with Crippen LogP contribution in [0, 0.1) is 11.7 Å². The van der Waals surface area contributed by atoms with Gasteiger partial charge in [0.15, 0.2) is 0 Å². The van der Waals surface area contributed by atoms with E-state index in [1.807, 2.05) is 6.07 Å². The van der Waals surface area contributed by atoms with E-state index in [0.29, 0.717) is 26.1 Å². The van der Waals surface area contributed by atoms with Crippen LogP contribution in [-0.4, -0.2) is 32.9 Å². The second kappa shape index (κ2) is 6.85. The normalized spacial score (nSPS) is 23.4. The number of nitrogens with one attached hydrogen (secondary N) is 1. The molecule has 1 heterocycles. The van der Waals surface area contributed by atoms with Crippen molar-refractivity contribution in [2.75, 3.05) is 13.2 Å². The van der Waals surface area contributed by atoms with E-state index in [0.717, 1.165) is 5.56 Å². The second-order valence-electron chi connectivity index (χ2n) is 5.81. The zero-order valence-electron chi connectivity index (χ0n) is 12.4. The third-order valence-corrected chi connectivity index (χ3v) is 5.81. The molecule has 1 aliphatic rings. The molecule has 1 fully saturated rings. The lowest BCUT2D eigenvalue weighted by atomic mass is 9.93. The maximum Gasteiger partial charge on any atom is 0.215 e. The Morgan fingerprint density at radius 1 is 1.43 bits per heavy atom. The fourth-order valence-corrected chi connectivity index (χ4v) is 4.68. The SMILES string of the molecule is CC(C)NS(=O)(=O)[C@H]1CCOC[C@@H]1Cc1cccc(F)c1. The monoisotopic (exact) mass is 315 g/mol. The van der Waals surface area contributed by atoms with Crippen molar-refractivity contribution in [3.63, 3.8) is 0 Å². The Kier molecular flexibility index (Phi) is 5.35. The van der Waals surface area contributed by atoms with E-state index in [1.54, 1.807) is 19.9 Å². The van der Waals surface area contributed by atoms with Crippen LogP contribution in [0.3, 0.4) is 0 Å². The van der Waals surface area contributed by atoms with E-state index in [-0.39, 0.29) is 17.8 Å². The summed E-state index contributed by atoms with van der Waals surface area (Å²) in [6.07, 6.45) is 0.976. The summed E-state index contributed by atoms with van der Waals surface area (Å²) >= 11 is 0. The van der Waals surface area contributed by atoms with E-state index in [4.69, 9.17) is 4.74 Å². The molecule has 4 nitrogen and oxygen atoms in total. The van der Waals surface area contributed by atoms with Crippen molar-refractivity contribution in [1.82, 2.24) is 4.72 Å². The fraction of sp³-hybridized carbons (Fsp3) is 0.600. The Bertz CT molecular complexity index is 574. The van der Waals surface area contributed by atoms with Crippen LogP contribution < -0.4 is 4.72 Å². The zero-order chi connectivity index (χ0) is 15.5. The first-order valence-electron chi connectivity index (χ1n) is 7.22. The summed E-state index contributed by atoms with van der Waals surface area (Å²) in [4.78, 5) is 0. The van der Waals surface area contributed by atoms with Crippen LogP contribution in [0.1, 0.15) is 25.8 Å². The number of hydrogen-bond donors (Lipinski definition) is 1. The Labute approximate surface area is 125 Å². The minimum atomic E-state index is -3.39. The minimum Gasteiger partial charge on any atom is -0.381 e. The molecule has 1 saturated heterocycles. The van der Waals surface area contributed by atoms with E-state index in [1.165, 1.54) is 12.1 Å². The third kappa shape index (κ3) is 4.49. The maximum atomic E-state index is 13.3. The summed E-state index contributed by atoms with van der Waals surface area (Å²) in [6, 6.07) is 6.16. The van der Waals surface area contributed by atoms with E-state index in [9.17, 15) is 12.8 Å². The molecule has 0 radical (unpaired) electrons. The molecule has 21 heavy (non-hydrogen) atoms. The van der Waals surface area contributed by atoms with Gasteiger partial charge in [-0.2, -0.15) is 0 Å². The maximum absolute atomic E-state index is 13.3. The Morgan fingerprint density at radius 3 is 2.86 bits per heavy atom. The average Bonchev–Trinajstić information content (AvgIpc) is 2.37. The molecule has 118 valence electrons. The molecule has 0 aliphatic carbocycles. The van der Waals surface area contributed by atoms with Gasteiger partial charge in [0.1, 0.15) is 5.82 Å². The van der Waals surface area contributed by atoms with Gasteiger partial charge in [-0.25, -0.2) is 17.5 Å². The fourth-order valence-electron chi connectivity index (χ4n) is 2.76. The topological polar surface area (TPSA) is 55.4 Å². The van der Waals surface area contributed by atoms with Crippen molar-refractivity contribution in [3.8, 4) is 0 Å². The van der Waals surface area contributed by atoms with Crippen LogP contribution in [0.2, 0.25) is 0 Å². The van der Waals surface area contributed by atoms with Crippen molar-refractivity contribution in [3.05, 3.63) is 35.6 Å². The quantitative estimate of drug-likeness (QED) is 0.905. The van der Waals surface area contributed by atoms with Gasteiger partial charge in [-0.15, -0.1) is 0 Å². The van der Waals surface area contributed by atoms with E-state index < -0.39 is 15.3 Å². The summed E-state index contributed by atoms with van der Waals surface area (Å²) in [5, 5.41) is -0.489. The number of sulfonamides is 1. The summed E-state index contributed by atoms with van der Waals surface area (Å²) in [7, 11) is -3.39. The molecular formula is C15H22FNO3S. The predicted octanol–water partition coefficient (Wildman–Crippen LogP) is 2.10. The number of halogens is 1. The first-order chi connectivity index (χ1) is 9.88. The summed E-state index contributed by atoms with van der Waals surface area (Å²) < 4.78 is 46.2. The first kappa shape index (κ1) is 16.4. The standard InChI is InChI=1S/C15H22FNO3S/c1-11(2)17-21(18,19)15-6-7-20-10-13(15)8-12-4-3-5-14(16)9-12/h3-5,9,11,13,15,17H,6-8,10H2,1-2H3/t13-,15-/m0/s1. The number of hydrogen-bond acceptors (Lipinski definition) is 3. The van der Waals surface area contributed by atoms with Crippen molar-refractivity contribution in [1.29, 1.82) is 0 Å². The Balaban J connectivity index is 2.16. The van der Waals surface area contributed by atoms with Gasteiger partial charge in [0.05, 0.1) is 11.9 Å². The van der Waals surface area contributed by atoms with E-state index in [2.05, 4.69) is 4.72 Å². The number of rotatable bonds is 5. The van der Waals surface area contributed by atoms with Gasteiger partial charge < -0.3 is 4.74 Å². The van der Waals surface area contributed by atoms with Gasteiger partial charge in [0, 0.05) is 18.6 Å². The summed E-state index contributed by atoms with van der Waals surface area (Å²) in [5.74, 6) is -0.458. The Hall–Kier alpha value is -0.980. The molecule has 0 bridgehead atoms. The van der Waals surface area contributed by atoms with Crippen LogP contribution in [0.5, 0.6) is 0 Å². The Morgan fingerprint density at radius 2 is 2.19 bits per heavy atom.